The van der Waals surface area contributed by atoms with Gasteiger partial charge in [0.1, 0.15) is 0 Å². The van der Waals surface area contributed by atoms with Crippen molar-refractivity contribution in [2.75, 3.05) is 0 Å². The topological polar surface area (TPSA) is 16.1 Å². The van der Waals surface area contributed by atoms with E-state index in [-0.39, 0.29) is 5.54 Å². The zero-order chi connectivity index (χ0) is 10.3. The number of aromatic nitrogens is 1. The third-order valence-electron chi connectivity index (χ3n) is 2.89. The van der Waals surface area contributed by atoms with Crippen molar-refractivity contribution in [3.05, 3.63) is 29.1 Å². The quantitative estimate of drug-likeness (QED) is 0.625. The highest BCUT2D eigenvalue weighted by Crippen LogP contribution is 2.28. The van der Waals surface area contributed by atoms with Gasteiger partial charge in [0.05, 0.1) is 0 Å². The fraction of sp³-hybridized carbons (Fsp3) is 0.583. The minimum atomic E-state index is 0.257. The zero-order valence-electron chi connectivity index (χ0n) is 9.46. The van der Waals surface area contributed by atoms with Crippen molar-refractivity contribution >= 4 is 0 Å². The van der Waals surface area contributed by atoms with Crippen molar-refractivity contribution in [2.45, 2.75) is 46.3 Å². The molecule has 1 aliphatic heterocycles. The number of aryl methyl sites for hydroxylation is 1. The Balaban J connectivity index is 2.26. The van der Waals surface area contributed by atoms with Gasteiger partial charge in [-0.05, 0) is 44.9 Å². The van der Waals surface area contributed by atoms with Crippen LogP contribution in [0.4, 0.5) is 0 Å². The van der Waals surface area contributed by atoms with Gasteiger partial charge in [-0.1, -0.05) is 0 Å². The van der Waals surface area contributed by atoms with Gasteiger partial charge in [-0.25, -0.2) is 0 Å². The van der Waals surface area contributed by atoms with Gasteiger partial charge < -0.3 is 0 Å². The Labute approximate surface area is 86.0 Å². The van der Waals surface area contributed by atoms with Crippen molar-refractivity contribution in [3.63, 3.8) is 0 Å². The molecule has 0 atom stereocenters. The van der Waals surface area contributed by atoms with Gasteiger partial charge in [-0.3, -0.25) is 9.88 Å². The fourth-order valence-corrected chi connectivity index (χ4v) is 1.88. The first-order valence-electron chi connectivity index (χ1n) is 5.16. The molecule has 2 rings (SSSR count). The molecule has 0 unspecified atom stereocenters. The lowest BCUT2D eigenvalue weighted by Gasteiger charge is -2.31. The molecule has 14 heavy (non-hydrogen) atoms. The Morgan fingerprint density at radius 2 is 1.86 bits per heavy atom. The summed E-state index contributed by atoms with van der Waals surface area (Å²) >= 11 is 0. The average molecular weight is 190 g/mol. The molecule has 0 bridgehead atoms. The highest BCUT2D eigenvalue weighted by Gasteiger charge is 2.27. The molecule has 2 heterocycles. The van der Waals surface area contributed by atoms with Gasteiger partial charge in [0, 0.05) is 30.5 Å². The summed E-state index contributed by atoms with van der Waals surface area (Å²) in [5.74, 6) is 0. The predicted octanol–water partition coefficient (Wildman–Crippen LogP) is 2.50. The highest BCUT2D eigenvalue weighted by molar-refractivity contribution is 5.30. The van der Waals surface area contributed by atoms with Crippen LogP contribution in [-0.4, -0.2) is 15.4 Å². The van der Waals surface area contributed by atoms with Crippen LogP contribution in [0.2, 0.25) is 0 Å². The highest BCUT2D eigenvalue weighted by atomic mass is 15.2. The smallest absolute Gasteiger partial charge is 0.0376 e. The van der Waals surface area contributed by atoms with Crippen LogP contribution in [-0.2, 0) is 13.1 Å². The standard InChI is InChI=1S/C12H18N2/c1-9-5-10-7-14(12(2,3)4)8-11(10)6-13-9/h5-6H,7-8H2,1-4H3. The summed E-state index contributed by atoms with van der Waals surface area (Å²) in [4.78, 5) is 6.83. The van der Waals surface area contributed by atoms with E-state index in [1.165, 1.54) is 11.1 Å². The molecule has 0 aromatic carbocycles. The van der Waals surface area contributed by atoms with E-state index in [0.717, 1.165) is 18.8 Å². The van der Waals surface area contributed by atoms with Crippen molar-refractivity contribution < 1.29 is 0 Å². The van der Waals surface area contributed by atoms with E-state index in [4.69, 9.17) is 0 Å². The van der Waals surface area contributed by atoms with E-state index < -0.39 is 0 Å². The Bertz CT molecular complexity index is 350. The van der Waals surface area contributed by atoms with Gasteiger partial charge >= 0.3 is 0 Å². The molecule has 2 heteroatoms. The molecule has 2 nitrogen and oxygen atoms in total. The second kappa shape index (κ2) is 3.06. The van der Waals surface area contributed by atoms with E-state index in [1.54, 1.807) is 0 Å². The Morgan fingerprint density at radius 1 is 1.21 bits per heavy atom. The number of hydrogen-bond donors (Lipinski definition) is 0. The van der Waals surface area contributed by atoms with Gasteiger partial charge in [0.15, 0.2) is 0 Å². The molecular formula is C12H18N2. The van der Waals surface area contributed by atoms with E-state index >= 15 is 0 Å². The molecule has 1 aromatic heterocycles. The molecule has 1 aromatic rings. The molecular weight excluding hydrogens is 172 g/mol. The van der Waals surface area contributed by atoms with Crippen molar-refractivity contribution in [1.82, 2.24) is 9.88 Å². The summed E-state index contributed by atoms with van der Waals surface area (Å²) in [7, 11) is 0. The third kappa shape index (κ3) is 1.67. The first-order chi connectivity index (χ1) is 6.47. The van der Waals surface area contributed by atoms with Gasteiger partial charge in [0.25, 0.3) is 0 Å². The fourth-order valence-electron chi connectivity index (χ4n) is 1.88. The minimum Gasteiger partial charge on any atom is -0.290 e. The predicted molar refractivity (Wildman–Crippen MR) is 58.0 cm³/mol. The van der Waals surface area contributed by atoms with E-state index in [0.29, 0.717) is 0 Å². The number of nitrogens with zero attached hydrogens (tertiary/aromatic N) is 2. The summed E-state index contributed by atoms with van der Waals surface area (Å²) in [6.45, 7) is 11.0. The maximum Gasteiger partial charge on any atom is 0.0376 e. The van der Waals surface area contributed by atoms with Crippen LogP contribution < -0.4 is 0 Å². The molecule has 76 valence electrons. The number of fused-ring (bicyclic) bond motifs is 1. The van der Waals surface area contributed by atoms with Gasteiger partial charge in [-0.15, -0.1) is 0 Å². The summed E-state index contributed by atoms with van der Waals surface area (Å²) in [5.41, 5.74) is 4.23. The molecule has 0 N–H and O–H groups in total. The van der Waals surface area contributed by atoms with Crippen LogP contribution in [0.5, 0.6) is 0 Å². The van der Waals surface area contributed by atoms with Crippen molar-refractivity contribution in [2.24, 2.45) is 0 Å². The third-order valence-corrected chi connectivity index (χ3v) is 2.89. The molecule has 0 spiro atoms. The lowest BCUT2D eigenvalue weighted by Crippen LogP contribution is -2.36. The normalized spacial score (nSPS) is 17.1. The van der Waals surface area contributed by atoms with Crippen molar-refractivity contribution in [1.29, 1.82) is 0 Å². The lowest BCUT2D eigenvalue weighted by molar-refractivity contribution is 0.136. The molecule has 1 aliphatic rings. The van der Waals surface area contributed by atoms with Crippen LogP contribution in [0.1, 0.15) is 37.6 Å². The second-order valence-corrected chi connectivity index (χ2v) is 5.12. The number of rotatable bonds is 0. The maximum atomic E-state index is 4.34. The molecule has 0 amide bonds. The summed E-state index contributed by atoms with van der Waals surface area (Å²) in [6, 6.07) is 2.21. The van der Waals surface area contributed by atoms with E-state index in [9.17, 15) is 0 Å². The molecule has 0 saturated heterocycles. The van der Waals surface area contributed by atoms with Gasteiger partial charge in [0.2, 0.25) is 0 Å². The van der Waals surface area contributed by atoms with Crippen LogP contribution in [0, 0.1) is 6.92 Å². The Hall–Kier alpha value is -0.890. The monoisotopic (exact) mass is 190 g/mol. The second-order valence-electron chi connectivity index (χ2n) is 5.12. The summed E-state index contributed by atoms with van der Waals surface area (Å²) in [5, 5.41) is 0. The maximum absolute atomic E-state index is 4.34. The van der Waals surface area contributed by atoms with Gasteiger partial charge in [-0.2, -0.15) is 0 Å². The van der Waals surface area contributed by atoms with Crippen LogP contribution >= 0.6 is 0 Å². The first kappa shape index (κ1) is 9.66. The Kier molecular flexibility index (Phi) is 2.11. The van der Waals surface area contributed by atoms with Crippen molar-refractivity contribution in [3.8, 4) is 0 Å². The first-order valence-corrected chi connectivity index (χ1v) is 5.16. The molecule has 0 radical (unpaired) electrons. The van der Waals surface area contributed by atoms with Crippen LogP contribution in [0.25, 0.3) is 0 Å². The zero-order valence-corrected chi connectivity index (χ0v) is 9.46. The SMILES string of the molecule is Cc1cc2c(cn1)CN(C(C)(C)C)C2. The van der Waals surface area contributed by atoms with E-state index in [2.05, 4.69) is 43.6 Å². The lowest BCUT2D eigenvalue weighted by atomic mass is 10.1. The number of pyridine rings is 1. The molecule has 0 saturated carbocycles. The summed E-state index contributed by atoms with van der Waals surface area (Å²) < 4.78 is 0. The number of hydrogen-bond acceptors (Lipinski definition) is 2. The van der Waals surface area contributed by atoms with Crippen LogP contribution in [0.15, 0.2) is 12.3 Å². The van der Waals surface area contributed by atoms with E-state index in [1.807, 2.05) is 6.20 Å². The largest absolute Gasteiger partial charge is 0.290 e. The molecule has 0 aliphatic carbocycles. The minimum absolute atomic E-state index is 0.257. The average Bonchev–Trinajstić information content (AvgIpc) is 2.45. The molecule has 0 fully saturated rings. The Morgan fingerprint density at radius 3 is 2.50 bits per heavy atom. The summed E-state index contributed by atoms with van der Waals surface area (Å²) in [6.07, 6.45) is 2.02. The van der Waals surface area contributed by atoms with Crippen LogP contribution in [0.3, 0.4) is 0 Å².